The number of ether oxygens (including phenoxy) is 1. The molecule has 0 spiro atoms. The summed E-state index contributed by atoms with van der Waals surface area (Å²) >= 11 is 0. The minimum Gasteiger partial charge on any atom is -0.457 e. The number of rotatable bonds is 7. The fourth-order valence-electron chi connectivity index (χ4n) is 2.58. The minimum atomic E-state index is -0.523. The zero-order valence-electron chi connectivity index (χ0n) is 15.7. The number of hydrogen-bond donors (Lipinski definition) is 3. The van der Waals surface area contributed by atoms with E-state index in [0.717, 1.165) is 0 Å². The topological polar surface area (TPSA) is 79.5 Å². The van der Waals surface area contributed by atoms with E-state index >= 15 is 0 Å². The third-order valence-corrected chi connectivity index (χ3v) is 3.82. The van der Waals surface area contributed by atoms with Gasteiger partial charge in [0.2, 0.25) is 11.8 Å². The molecule has 0 heterocycles. The first-order valence-electron chi connectivity index (χ1n) is 8.93. The van der Waals surface area contributed by atoms with E-state index in [2.05, 4.69) is 16.0 Å². The van der Waals surface area contributed by atoms with E-state index in [1.807, 2.05) is 30.3 Å². The molecule has 0 saturated heterocycles. The van der Waals surface area contributed by atoms with Crippen molar-refractivity contribution in [2.24, 2.45) is 0 Å². The highest BCUT2D eigenvalue weighted by molar-refractivity contribution is 5.94. The van der Waals surface area contributed by atoms with Crippen LogP contribution >= 0.6 is 0 Å². The van der Waals surface area contributed by atoms with Crippen LogP contribution in [0, 0.1) is 5.82 Å². The molecule has 0 atom stereocenters. The molecule has 0 aliphatic carbocycles. The minimum absolute atomic E-state index is 0.118. The molecule has 0 aromatic heterocycles. The van der Waals surface area contributed by atoms with Gasteiger partial charge in [0.05, 0.1) is 12.2 Å². The van der Waals surface area contributed by atoms with Gasteiger partial charge in [-0.1, -0.05) is 24.3 Å². The number of amides is 2. The molecule has 29 heavy (non-hydrogen) atoms. The van der Waals surface area contributed by atoms with Crippen molar-refractivity contribution in [3.63, 3.8) is 0 Å². The molecule has 6 nitrogen and oxygen atoms in total. The first kappa shape index (κ1) is 19.9. The molecule has 3 aromatic carbocycles. The van der Waals surface area contributed by atoms with Gasteiger partial charge < -0.3 is 20.7 Å². The standard InChI is InChI=1S/C22H20FN3O3/c1-15(27)25-17-10-11-20(23)21(13-17)24-14-22(28)26-16-6-5-9-19(12-16)29-18-7-3-2-4-8-18/h2-13,24H,14H2,1H3,(H,25,27)(H,26,28). The molecule has 0 aliphatic rings. The Bertz CT molecular complexity index is 1010. The van der Waals surface area contributed by atoms with Crippen molar-refractivity contribution < 1.29 is 18.7 Å². The molecule has 0 saturated carbocycles. The lowest BCUT2D eigenvalue weighted by Gasteiger charge is -2.11. The third kappa shape index (κ3) is 6.07. The van der Waals surface area contributed by atoms with Crippen molar-refractivity contribution >= 4 is 28.9 Å². The Balaban J connectivity index is 1.58. The van der Waals surface area contributed by atoms with Gasteiger partial charge in [-0.25, -0.2) is 4.39 Å². The van der Waals surface area contributed by atoms with Crippen molar-refractivity contribution in [1.82, 2.24) is 0 Å². The second-order valence-corrected chi connectivity index (χ2v) is 6.22. The summed E-state index contributed by atoms with van der Waals surface area (Å²) in [6, 6.07) is 20.4. The Morgan fingerprint density at radius 1 is 0.862 bits per heavy atom. The van der Waals surface area contributed by atoms with E-state index in [-0.39, 0.29) is 24.0 Å². The number of nitrogens with one attached hydrogen (secondary N) is 3. The van der Waals surface area contributed by atoms with Crippen molar-refractivity contribution in [1.29, 1.82) is 0 Å². The van der Waals surface area contributed by atoms with Gasteiger partial charge in [0, 0.05) is 24.4 Å². The summed E-state index contributed by atoms with van der Waals surface area (Å²) in [4.78, 5) is 23.3. The van der Waals surface area contributed by atoms with E-state index < -0.39 is 5.82 Å². The van der Waals surface area contributed by atoms with Crippen molar-refractivity contribution in [2.45, 2.75) is 6.92 Å². The molecule has 3 rings (SSSR count). The van der Waals surface area contributed by atoms with Gasteiger partial charge in [-0.3, -0.25) is 9.59 Å². The number of anilines is 3. The first-order chi connectivity index (χ1) is 14.0. The Hall–Kier alpha value is -3.87. The van der Waals surface area contributed by atoms with Crippen LogP contribution < -0.4 is 20.7 Å². The molecule has 0 aliphatic heterocycles. The van der Waals surface area contributed by atoms with Gasteiger partial charge in [-0.05, 0) is 42.5 Å². The predicted octanol–water partition coefficient (Wildman–Crippen LogP) is 4.63. The zero-order chi connectivity index (χ0) is 20.6. The Morgan fingerprint density at radius 3 is 2.34 bits per heavy atom. The average molecular weight is 393 g/mol. The van der Waals surface area contributed by atoms with Crippen LogP contribution in [0.2, 0.25) is 0 Å². The fourth-order valence-corrected chi connectivity index (χ4v) is 2.58. The van der Waals surface area contributed by atoms with E-state index in [9.17, 15) is 14.0 Å². The molecular weight excluding hydrogens is 373 g/mol. The Kier molecular flexibility index (Phi) is 6.42. The molecule has 0 bridgehead atoms. The maximum absolute atomic E-state index is 13.9. The van der Waals surface area contributed by atoms with Crippen LogP contribution in [0.5, 0.6) is 11.5 Å². The lowest BCUT2D eigenvalue weighted by molar-refractivity contribution is -0.115. The third-order valence-electron chi connectivity index (χ3n) is 3.82. The maximum atomic E-state index is 13.9. The number of carbonyl (C=O) groups excluding carboxylic acids is 2. The number of para-hydroxylation sites is 1. The summed E-state index contributed by atoms with van der Waals surface area (Å²) in [6.45, 7) is 1.21. The summed E-state index contributed by atoms with van der Waals surface area (Å²) in [5.74, 6) is 0.123. The van der Waals surface area contributed by atoms with Gasteiger partial charge in [-0.15, -0.1) is 0 Å². The normalized spacial score (nSPS) is 10.1. The van der Waals surface area contributed by atoms with Crippen molar-refractivity contribution in [3.8, 4) is 11.5 Å². The summed E-state index contributed by atoms with van der Waals surface area (Å²) in [5, 5.41) is 8.03. The molecular formula is C22H20FN3O3. The highest BCUT2D eigenvalue weighted by Gasteiger charge is 2.08. The molecule has 0 fully saturated rings. The van der Waals surface area contributed by atoms with Crippen molar-refractivity contribution in [2.75, 3.05) is 22.5 Å². The van der Waals surface area contributed by atoms with Gasteiger partial charge >= 0.3 is 0 Å². The summed E-state index contributed by atoms with van der Waals surface area (Å²) in [7, 11) is 0. The van der Waals surface area contributed by atoms with Crippen LogP contribution in [0.4, 0.5) is 21.5 Å². The van der Waals surface area contributed by atoms with Crippen LogP contribution in [0.15, 0.2) is 72.8 Å². The molecule has 0 radical (unpaired) electrons. The molecule has 3 N–H and O–H groups in total. The average Bonchev–Trinajstić information content (AvgIpc) is 2.69. The van der Waals surface area contributed by atoms with Gasteiger partial charge in [0.1, 0.15) is 17.3 Å². The summed E-state index contributed by atoms with van der Waals surface area (Å²) in [6.07, 6.45) is 0. The Labute approximate surface area is 167 Å². The smallest absolute Gasteiger partial charge is 0.243 e. The zero-order valence-corrected chi connectivity index (χ0v) is 15.7. The van der Waals surface area contributed by atoms with Gasteiger partial charge in [0.15, 0.2) is 0 Å². The van der Waals surface area contributed by atoms with Gasteiger partial charge in [0.25, 0.3) is 0 Å². The molecule has 2 amide bonds. The highest BCUT2D eigenvalue weighted by atomic mass is 19.1. The van der Waals surface area contributed by atoms with E-state index in [1.54, 1.807) is 24.3 Å². The summed E-state index contributed by atoms with van der Waals surface area (Å²) < 4.78 is 19.7. The van der Waals surface area contributed by atoms with Crippen LogP contribution in [-0.4, -0.2) is 18.4 Å². The van der Waals surface area contributed by atoms with Crippen LogP contribution in [0.1, 0.15) is 6.92 Å². The number of benzene rings is 3. The lowest BCUT2D eigenvalue weighted by atomic mass is 10.2. The van der Waals surface area contributed by atoms with Gasteiger partial charge in [-0.2, -0.15) is 0 Å². The van der Waals surface area contributed by atoms with Crippen LogP contribution in [0.3, 0.4) is 0 Å². The predicted molar refractivity (Wildman–Crippen MR) is 111 cm³/mol. The second-order valence-electron chi connectivity index (χ2n) is 6.22. The van der Waals surface area contributed by atoms with E-state index in [0.29, 0.717) is 22.9 Å². The van der Waals surface area contributed by atoms with E-state index in [1.165, 1.54) is 25.1 Å². The molecule has 3 aromatic rings. The molecule has 148 valence electrons. The number of hydrogen-bond acceptors (Lipinski definition) is 4. The molecule has 0 unspecified atom stereocenters. The summed E-state index contributed by atoms with van der Waals surface area (Å²) in [5.41, 5.74) is 1.11. The number of carbonyl (C=O) groups is 2. The monoisotopic (exact) mass is 393 g/mol. The van der Waals surface area contributed by atoms with Crippen LogP contribution in [-0.2, 0) is 9.59 Å². The van der Waals surface area contributed by atoms with Crippen LogP contribution in [0.25, 0.3) is 0 Å². The maximum Gasteiger partial charge on any atom is 0.243 e. The largest absolute Gasteiger partial charge is 0.457 e. The quantitative estimate of drug-likeness (QED) is 0.547. The molecule has 7 heteroatoms. The fraction of sp³-hybridized carbons (Fsp3) is 0.0909. The second kappa shape index (κ2) is 9.36. The van der Waals surface area contributed by atoms with E-state index in [4.69, 9.17) is 4.74 Å². The highest BCUT2D eigenvalue weighted by Crippen LogP contribution is 2.24. The lowest BCUT2D eigenvalue weighted by Crippen LogP contribution is -2.22. The van der Waals surface area contributed by atoms with Crippen molar-refractivity contribution in [3.05, 3.63) is 78.6 Å². The number of halogens is 1. The first-order valence-corrected chi connectivity index (χ1v) is 8.93. The Morgan fingerprint density at radius 2 is 1.59 bits per heavy atom. The SMILES string of the molecule is CC(=O)Nc1ccc(F)c(NCC(=O)Nc2cccc(Oc3ccccc3)c2)c1.